The van der Waals surface area contributed by atoms with E-state index in [4.69, 9.17) is 4.74 Å². The van der Waals surface area contributed by atoms with E-state index < -0.39 is 22.7 Å². The van der Waals surface area contributed by atoms with Crippen LogP contribution in [-0.4, -0.2) is 27.8 Å². The van der Waals surface area contributed by atoms with Crippen LogP contribution in [-0.2, 0) is 0 Å². The van der Waals surface area contributed by atoms with Crippen molar-refractivity contribution in [3.05, 3.63) is 33.9 Å². The zero-order valence-corrected chi connectivity index (χ0v) is 13.3. The zero-order valence-electron chi connectivity index (χ0n) is 12.5. The Bertz CT molecular complexity index is 534. The lowest BCUT2D eigenvalue weighted by atomic mass is 9.86. The van der Waals surface area contributed by atoms with Crippen molar-refractivity contribution in [2.24, 2.45) is 0 Å². The molecular weight excluding hydrogens is 296 g/mol. The van der Waals surface area contributed by atoms with E-state index in [0.717, 1.165) is 0 Å². The Balaban J connectivity index is 0.00000220. The lowest BCUT2D eigenvalue weighted by Gasteiger charge is -2.43. The molecule has 0 spiro atoms. The van der Waals surface area contributed by atoms with Crippen molar-refractivity contribution < 1.29 is 14.8 Å². The molecule has 1 aliphatic heterocycles. The Morgan fingerprint density at radius 3 is 2.57 bits per heavy atom. The molecule has 2 rings (SSSR count). The van der Waals surface area contributed by atoms with Gasteiger partial charge in [-0.05, 0) is 19.9 Å². The molecule has 1 heterocycles. The number of aliphatic hydroxyl groups is 1. The number of nitrogens with one attached hydrogen (secondary N) is 1. The maximum absolute atomic E-state index is 10.9. The minimum atomic E-state index is -0.792. The third-order valence-corrected chi connectivity index (χ3v) is 3.45. The predicted octanol–water partition coefficient (Wildman–Crippen LogP) is 2.59. The molecule has 0 aliphatic carbocycles. The first kappa shape index (κ1) is 17.7. The minimum Gasteiger partial charge on any atom is -0.485 e. The van der Waals surface area contributed by atoms with Crippen LogP contribution in [0.2, 0.25) is 0 Å². The quantitative estimate of drug-likeness (QED) is 0.661. The van der Waals surface area contributed by atoms with Gasteiger partial charge in [-0.25, -0.2) is 0 Å². The first-order valence-corrected chi connectivity index (χ1v) is 6.64. The van der Waals surface area contributed by atoms with Gasteiger partial charge in [-0.3, -0.25) is 10.1 Å². The van der Waals surface area contributed by atoms with Crippen LogP contribution in [0.4, 0.5) is 5.69 Å². The maximum Gasteiger partial charge on any atom is 0.270 e. The van der Waals surface area contributed by atoms with Crippen LogP contribution in [0.25, 0.3) is 0 Å². The van der Waals surface area contributed by atoms with Gasteiger partial charge in [0, 0.05) is 23.7 Å². The number of rotatable bonds is 3. The summed E-state index contributed by atoms with van der Waals surface area (Å²) in [4.78, 5) is 10.5. The van der Waals surface area contributed by atoms with Crippen molar-refractivity contribution >= 4 is 18.1 Å². The van der Waals surface area contributed by atoms with Gasteiger partial charge in [-0.2, -0.15) is 0 Å². The summed E-state index contributed by atoms with van der Waals surface area (Å²) in [5.41, 5.74) is -0.134. The Morgan fingerprint density at radius 2 is 2.05 bits per heavy atom. The molecule has 2 N–H and O–H groups in total. The van der Waals surface area contributed by atoms with E-state index in [-0.39, 0.29) is 24.1 Å². The summed E-state index contributed by atoms with van der Waals surface area (Å²) in [7, 11) is 0. The van der Waals surface area contributed by atoms with Crippen molar-refractivity contribution in [2.45, 2.75) is 51.5 Å². The average molecular weight is 317 g/mol. The van der Waals surface area contributed by atoms with E-state index in [1.807, 2.05) is 13.8 Å². The SMILES string of the molecule is CC(C)N[C@H]1c2cc([N+](=O)[O-])ccc2OC(C)(C)[C@@H]1O.Cl. The number of nitro groups is 1. The second-order valence-electron chi connectivity index (χ2n) is 5.93. The largest absolute Gasteiger partial charge is 0.485 e. The molecule has 0 bridgehead atoms. The van der Waals surface area contributed by atoms with Gasteiger partial charge in [0.2, 0.25) is 0 Å². The van der Waals surface area contributed by atoms with Gasteiger partial charge in [0.15, 0.2) is 0 Å². The minimum absolute atomic E-state index is 0. The molecule has 0 radical (unpaired) electrons. The van der Waals surface area contributed by atoms with Gasteiger partial charge in [-0.15, -0.1) is 12.4 Å². The van der Waals surface area contributed by atoms with Gasteiger partial charge >= 0.3 is 0 Å². The molecule has 0 aromatic heterocycles. The number of aliphatic hydroxyl groups excluding tert-OH is 1. The van der Waals surface area contributed by atoms with Crippen molar-refractivity contribution in [3.63, 3.8) is 0 Å². The summed E-state index contributed by atoms with van der Waals surface area (Å²) in [6.07, 6.45) is -0.792. The molecule has 21 heavy (non-hydrogen) atoms. The molecular formula is C14H21ClN2O4. The lowest BCUT2D eigenvalue weighted by molar-refractivity contribution is -0.385. The predicted molar refractivity (Wildman–Crippen MR) is 82.1 cm³/mol. The van der Waals surface area contributed by atoms with Crippen LogP contribution < -0.4 is 10.1 Å². The molecule has 0 fully saturated rings. The fourth-order valence-electron chi connectivity index (χ4n) is 2.44. The Kier molecular flexibility index (Phi) is 5.20. The second kappa shape index (κ2) is 6.17. The number of fused-ring (bicyclic) bond motifs is 1. The van der Waals surface area contributed by atoms with E-state index in [2.05, 4.69) is 5.32 Å². The molecule has 1 aromatic carbocycles. The summed E-state index contributed by atoms with van der Waals surface area (Å²) in [6.45, 7) is 7.53. The molecule has 0 unspecified atom stereocenters. The van der Waals surface area contributed by atoms with Crippen LogP contribution in [0.15, 0.2) is 18.2 Å². The molecule has 6 nitrogen and oxygen atoms in total. The molecule has 0 saturated carbocycles. The summed E-state index contributed by atoms with van der Waals surface area (Å²) in [6, 6.07) is 4.22. The number of halogens is 1. The maximum atomic E-state index is 10.9. The standard InChI is InChI=1S/C14H20N2O4.ClH/c1-8(2)15-12-10-7-9(16(18)19)5-6-11(10)20-14(3,4)13(12)17;/h5-8,12-13,15,17H,1-4H3;1H/t12-,13+;/m0./s1. The first-order chi connectivity index (χ1) is 9.22. The van der Waals surface area contributed by atoms with E-state index in [1.54, 1.807) is 19.9 Å². The molecule has 118 valence electrons. The van der Waals surface area contributed by atoms with Crippen molar-refractivity contribution in [1.29, 1.82) is 0 Å². The summed E-state index contributed by atoms with van der Waals surface area (Å²) >= 11 is 0. The second-order valence-corrected chi connectivity index (χ2v) is 5.93. The topological polar surface area (TPSA) is 84.6 Å². The normalized spacial score (nSPS) is 23.0. The summed E-state index contributed by atoms with van der Waals surface area (Å²) in [5, 5.41) is 24.6. The Morgan fingerprint density at radius 1 is 1.43 bits per heavy atom. The highest BCUT2D eigenvalue weighted by atomic mass is 35.5. The Labute approximate surface area is 130 Å². The van der Waals surface area contributed by atoms with Crippen LogP contribution >= 0.6 is 12.4 Å². The number of hydrogen-bond acceptors (Lipinski definition) is 5. The highest BCUT2D eigenvalue weighted by Gasteiger charge is 2.43. The van der Waals surface area contributed by atoms with Gasteiger partial charge < -0.3 is 15.2 Å². The molecule has 1 aliphatic rings. The molecule has 1 aromatic rings. The van der Waals surface area contributed by atoms with E-state index in [9.17, 15) is 15.2 Å². The van der Waals surface area contributed by atoms with Crippen LogP contribution in [0.1, 0.15) is 39.3 Å². The fourth-order valence-corrected chi connectivity index (χ4v) is 2.44. The van der Waals surface area contributed by atoms with E-state index in [0.29, 0.717) is 11.3 Å². The smallest absolute Gasteiger partial charge is 0.270 e. The van der Waals surface area contributed by atoms with E-state index >= 15 is 0 Å². The number of ether oxygens (including phenoxy) is 1. The number of hydrogen-bond donors (Lipinski definition) is 2. The third kappa shape index (κ3) is 3.45. The summed E-state index contributed by atoms with van der Waals surface area (Å²) < 4.78 is 5.77. The van der Waals surface area contributed by atoms with Crippen molar-refractivity contribution in [1.82, 2.24) is 5.32 Å². The Hall–Kier alpha value is -1.37. The molecule has 7 heteroatoms. The summed E-state index contributed by atoms with van der Waals surface area (Å²) in [5.74, 6) is 0.573. The van der Waals surface area contributed by atoms with Crippen LogP contribution in [0, 0.1) is 10.1 Å². The number of nitro benzene ring substituents is 1. The average Bonchev–Trinajstić information content (AvgIpc) is 2.33. The monoisotopic (exact) mass is 316 g/mol. The van der Waals surface area contributed by atoms with Gasteiger partial charge in [0.05, 0.1) is 11.0 Å². The molecule has 2 atom stereocenters. The van der Waals surface area contributed by atoms with Crippen molar-refractivity contribution in [2.75, 3.05) is 0 Å². The van der Waals surface area contributed by atoms with Gasteiger partial charge in [0.1, 0.15) is 17.5 Å². The number of nitrogens with zero attached hydrogens (tertiary/aromatic N) is 1. The molecule has 0 amide bonds. The fraction of sp³-hybridized carbons (Fsp3) is 0.571. The highest BCUT2D eigenvalue weighted by Crippen LogP contribution is 2.41. The number of benzene rings is 1. The highest BCUT2D eigenvalue weighted by molar-refractivity contribution is 5.85. The first-order valence-electron chi connectivity index (χ1n) is 6.64. The zero-order chi connectivity index (χ0) is 15.1. The lowest BCUT2D eigenvalue weighted by Crippen LogP contribution is -2.53. The van der Waals surface area contributed by atoms with Crippen LogP contribution in [0.3, 0.4) is 0 Å². The number of non-ortho nitro benzene ring substituents is 1. The van der Waals surface area contributed by atoms with Gasteiger partial charge in [0.25, 0.3) is 5.69 Å². The molecule has 0 saturated heterocycles. The van der Waals surface area contributed by atoms with E-state index in [1.165, 1.54) is 12.1 Å². The van der Waals surface area contributed by atoms with Crippen molar-refractivity contribution in [3.8, 4) is 5.75 Å². The van der Waals surface area contributed by atoms with Crippen LogP contribution in [0.5, 0.6) is 5.75 Å². The van der Waals surface area contributed by atoms with Gasteiger partial charge in [-0.1, -0.05) is 13.8 Å². The third-order valence-electron chi connectivity index (χ3n) is 3.45.